The zero-order valence-electron chi connectivity index (χ0n) is 24.4. The van der Waals surface area contributed by atoms with Crippen LogP contribution in [0.2, 0.25) is 15.1 Å². The first-order valence-electron chi connectivity index (χ1n) is 14.0. The van der Waals surface area contributed by atoms with Crippen molar-refractivity contribution in [1.82, 2.24) is 0 Å². The van der Waals surface area contributed by atoms with E-state index >= 15 is 0 Å². The molecule has 0 aliphatic heterocycles. The lowest BCUT2D eigenvalue weighted by Crippen LogP contribution is -2.21. The predicted octanol–water partition coefficient (Wildman–Crippen LogP) is 9.42. The van der Waals surface area contributed by atoms with Gasteiger partial charge in [0.1, 0.15) is 0 Å². The van der Waals surface area contributed by atoms with Gasteiger partial charge in [-0.3, -0.25) is 9.59 Å². The van der Waals surface area contributed by atoms with E-state index in [-0.39, 0.29) is 16.7 Å². The van der Waals surface area contributed by atoms with E-state index in [9.17, 15) is 9.59 Å². The van der Waals surface area contributed by atoms with Crippen molar-refractivity contribution in [2.45, 2.75) is 59.3 Å². The molecule has 3 aliphatic rings. The van der Waals surface area contributed by atoms with Gasteiger partial charge in [-0.05, 0) is 124 Å². The van der Waals surface area contributed by atoms with E-state index in [1.807, 2.05) is 43.3 Å². The first kappa shape index (κ1) is 33.6. The Labute approximate surface area is 263 Å². The first-order valence-corrected chi connectivity index (χ1v) is 15.2. The van der Waals surface area contributed by atoms with Crippen molar-refractivity contribution >= 4 is 63.7 Å². The lowest BCUT2D eigenvalue weighted by atomic mass is 10.1. The highest BCUT2D eigenvalue weighted by molar-refractivity contribution is 6.31. The molecule has 3 aromatic rings. The van der Waals surface area contributed by atoms with E-state index in [0.717, 1.165) is 59.3 Å². The minimum Gasteiger partial charge on any atom is -0.481 e. The van der Waals surface area contributed by atoms with Crippen molar-refractivity contribution in [2.75, 3.05) is 22.9 Å². The van der Waals surface area contributed by atoms with E-state index in [2.05, 4.69) is 17.6 Å². The number of benzene rings is 3. The highest BCUT2D eigenvalue weighted by Gasteiger charge is 2.45. The van der Waals surface area contributed by atoms with Gasteiger partial charge in [0.25, 0.3) is 0 Å². The van der Waals surface area contributed by atoms with Crippen molar-refractivity contribution in [1.29, 1.82) is 0 Å². The number of hydrogen-bond acceptors (Lipinski definition) is 4. The van der Waals surface area contributed by atoms with Crippen LogP contribution in [0.5, 0.6) is 0 Å². The molecule has 3 saturated carbocycles. The van der Waals surface area contributed by atoms with Crippen LogP contribution in [0.25, 0.3) is 0 Å². The molecule has 0 radical (unpaired) electrons. The number of aliphatic carboxylic acids is 1. The summed E-state index contributed by atoms with van der Waals surface area (Å²) in [5.41, 5.74) is 8.19. The van der Waals surface area contributed by atoms with E-state index in [4.69, 9.17) is 45.6 Å². The fourth-order valence-electron chi connectivity index (χ4n) is 3.37. The fraction of sp³-hybridized carbons (Fsp3) is 0.394. The molecular formula is C33H40Cl3N3O3. The number of amides is 1. The molecule has 0 spiro atoms. The van der Waals surface area contributed by atoms with Gasteiger partial charge in [0, 0.05) is 44.1 Å². The molecule has 0 bridgehead atoms. The van der Waals surface area contributed by atoms with E-state index in [0.29, 0.717) is 10.4 Å². The first-order chi connectivity index (χ1) is 19.7. The van der Waals surface area contributed by atoms with E-state index < -0.39 is 5.97 Å². The number of carbonyl (C=O) groups is 2. The molecule has 3 fully saturated rings. The second kappa shape index (κ2) is 14.5. The Kier molecular flexibility index (Phi) is 11.6. The standard InChI is InChI=1S/C11H12ClNO.C11H14ClN.C6H6ClN.C5H8O2/c1-11(6-7-11)10(14)13-9-4-2-8(12)3-5-9;1-11(6-7-11)8-13-10-4-2-9(12)3-5-10;7-5-1-3-6(8)4-2-5;1-5(2-3-5)4(6)7/h2-5H,6-7H2,1H3,(H,13,14);2-5,13H,6-8H2,1H3;1-4H,8H2;2-3H2,1H3,(H,6,7). The molecule has 6 rings (SSSR count). The van der Waals surface area contributed by atoms with Crippen LogP contribution < -0.4 is 16.4 Å². The van der Waals surface area contributed by atoms with E-state index in [1.165, 1.54) is 12.8 Å². The molecule has 226 valence electrons. The maximum Gasteiger partial charge on any atom is 0.309 e. The molecule has 6 nitrogen and oxygen atoms in total. The van der Waals surface area contributed by atoms with Gasteiger partial charge in [-0.2, -0.15) is 0 Å². The minimum absolute atomic E-state index is 0.111. The molecular weight excluding hydrogens is 593 g/mol. The lowest BCUT2D eigenvalue weighted by Gasteiger charge is -2.10. The van der Waals surface area contributed by atoms with Crippen LogP contribution in [0.1, 0.15) is 59.3 Å². The van der Waals surface area contributed by atoms with Crippen molar-refractivity contribution in [3.8, 4) is 0 Å². The van der Waals surface area contributed by atoms with Gasteiger partial charge < -0.3 is 21.5 Å². The number of nitrogens with one attached hydrogen (secondary N) is 2. The Morgan fingerprint density at radius 3 is 1.43 bits per heavy atom. The number of halogens is 3. The summed E-state index contributed by atoms with van der Waals surface area (Å²) < 4.78 is 0. The predicted molar refractivity (Wildman–Crippen MR) is 176 cm³/mol. The molecule has 0 aromatic heterocycles. The summed E-state index contributed by atoms with van der Waals surface area (Å²) in [5, 5.41) is 16.8. The second-order valence-electron chi connectivity index (χ2n) is 12.1. The molecule has 3 aromatic carbocycles. The molecule has 1 amide bonds. The monoisotopic (exact) mass is 631 g/mol. The number of nitrogens with two attached hydrogens (primary N) is 1. The zero-order valence-corrected chi connectivity index (χ0v) is 26.6. The van der Waals surface area contributed by atoms with Crippen LogP contribution in [0.15, 0.2) is 72.8 Å². The Morgan fingerprint density at radius 1 is 0.690 bits per heavy atom. The second-order valence-corrected chi connectivity index (χ2v) is 13.4. The largest absolute Gasteiger partial charge is 0.481 e. The number of carboxylic acid groups (broad SMARTS) is 1. The van der Waals surface area contributed by atoms with Crippen LogP contribution in [-0.4, -0.2) is 23.5 Å². The number of anilines is 3. The van der Waals surface area contributed by atoms with Crippen molar-refractivity contribution in [3.05, 3.63) is 87.9 Å². The maximum absolute atomic E-state index is 11.6. The summed E-state index contributed by atoms with van der Waals surface area (Å²) in [4.78, 5) is 21.7. The summed E-state index contributed by atoms with van der Waals surface area (Å²) in [6.07, 6.45) is 6.42. The van der Waals surface area contributed by atoms with Crippen LogP contribution in [0, 0.1) is 16.2 Å². The maximum atomic E-state index is 11.6. The highest BCUT2D eigenvalue weighted by Crippen LogP contribution is 2.46. The molecule has 3 aliphatic carbocycles. The number of nitrogen functional groups attached to an aromatic ring is 1. The third-order valence-corrected chi connectivity index (χ3v) is 8.46. The molecule has 5 N–H and O–H groups in total. The van der Waals surface area contributed by atoms with Crippen LogP contribution >= 0.6 is 34.8 Å². The van der Waals surface area contributed by atoms with Gasteiger partial charge in [0.15, 0.2) is 0 Å². The van der Waals surface area contributed by atoms with Gasteiger partial charge in [0.2, 0.25) is 5.91 Å². The van der Waals surface area contributed by atoms with Crippen LogP contribution in [-0.2, 0) is 9.59 Å². The zero-order chi connectivity index (χ0) is 31.0. The van der Waals surface area contributed by atoms with Crippen molar-refractivity contribution in [3.63, 3.8) is 0 Å². The van der Waals surface area contributed by atoms with Crippen molar-refractivity contribution in [2.24, 2.45) is 16.2 Å². The topological polar surface area (TPSA) is 104 Å². The lowest BCUT2D eigenvalue weighted by molar-refractivity contribution is -0.142. The average Bonchev–Trinajstić information content (AvgIpc) is 3.89. The third kappa shape index (κ3) is 11.7. The summed E-state index contributed by atoms with van der Waals surface area (Å²) in [7, 11) is 0. The molecule has 0 unspecified atom stereocenters. The Morgan fingerprint density at radius 2 is 1.10 bits per heavy atom. The quantitative estimate of drug-likeness (QED) is 0.203. The SMILES string of the molecule is CC1(C(=O)Nc2ccc(Cl)cc2)CC1.CC1(C(=O)O)CC1.CC1(CNc2ccc(Cl)cc2)CC1.Nc1ccc(Cl)cc1. The van der Waals surface area contributed by atoms with Crippen LogP contribution in [0.4, 0.5) is 17.1 Å². The van der Waals surface area contributed by atoms with Crippen LogP contribution in [0.3, 0.4) is 0 Å². The van der Waals surface area contributed by atoms with Gasteiger partial charge >= 0.3 is 5.97 Å². The fourth-order valence-corrected chi connectivity index (χ4v) is 3.75. The number of carbonyl (C=O) groups excluding carboxylic acids is 1. The van der Waals surface area contributed by atoms with Gasteiger partial charge in [-0.25, -0.2) is 0 Å². The molecule has 9 heteroatoms. The van der Waals surface area contributed by atoms with E-state index in [1.54, 1.807) is 43.3 Å². The third-order valence-electron chi connectivity index (χ3n) is 7.70. The summed E-state index contributed by atoms with van der Waals surface area (Å²) in [6.45, 7) is 7.15. The smallest absolute Gasteiger partial charge is 0.309 e. The van der Waals surface area contributed by atoms with Crippen molar-refractivity contribution < 1.29 is 14.7 Å². The molecule has 0 heterocycles. The summed E-state index contributed by atoms with van der Waals surface area (Å²) >= 11 is 17.1. The Balaban J connectivity index is 0.000000160. The molecule has 42 heavy (non-hydrogen) atoms. The minimum atomic E-state index is -0.646. The van der Waals surface area contributed by atoms with Gasteiger partial charge in [0.05, 0.1) is 5.41 Å². The summed E-state index contributed by atoms with van der Waals surface area (Å²) in [5.74, 6) is -0.535. The number of hydrogen-bond donors (Lipinski definition) is 4. The normalized spacial score (nSPS) is 17.3. The van der Waals surface area contributed by atoms with Gasteiger partial charge in [-0.1, -0.05) is 48.7 Å². The number of rotatable bonds is 6. The van der Waals surface area contributed by atoms with Gasteiger partial charge in [-0.15, -0.1) is 0 Å². The molecule has 0 atom stereocenters. The number of carboxylic acids is 1. The highest BCUT2D eigenvalue weighted by atomic mass is 35.5. The summed E-state index contributed by atoms with van der Waals surface area (Å²) in [6, 6.07) is 22.1. The molecule has 0 saturated heterocycles. The average molecular weight is 633 g/mol. The Hall–Kier alpha value is -2.93. The Bertz CT molecular complexity index is 1300.